The van der Waals surface area contributed by atoms with Crippen LogP contribution in [-0.2, 0) is 4.79 Å². The van der Waals surface area contributed by atoms with E-state index < -0.39 is 0 Å². The second-order valence-corrected chi connectivity index (χ2v) is 7.74. The molecule has 0 aromatic heterocycles. The van der Waals surface area contributed by atoms with Gasteiger partial charge in [-0.25, -0.2) is 0 Å². The van der Waals surface area contributed by atoms with Crippen LogP contribution in [-0.4, -0.2) is 29.4 Å². The summed E-state index contributed by atoms with van der Waals surface area (Å²) < 4.78 is 1.06. The normalized spacial score (nSPS) is 20.7. The quantitative estimate of drug-likeness (QED) is 0.795. The molecular weight excluding hydrogens is 340 g/mol. The molecule has 2 aliphatic rings. The Labute approximate surface area is 141 Å². The molecule has 0 saturated heterocycles. The highest BCUT2D eigenvalue weighted by Crippen LogP contribution is 2.39. The fraction of sp³-hybridized carbons (Fsp3) is 0.611. The maximum atomic E-state index is 12.4. The van der Waals surface area contributed by atoms with Gasteiger partial charge in [0.15, 0.2) is 0 Å². The van der Waals surface area contributed by atoms with E-state index in [0.717, 1.165) is 16.0 Å². The minimum atomic E-state index is 0.0536. The molecule has 2 aliphatic carbocycles. The van der Waals surface area contributed by atoms with Gasteiger partial charge < -0.3 is 5.32 Å². The zero-order valence-corrected chi connectivity index (χ0v) is 15.0. The maximum Gasteiger partial charge on any atom is 0.234 e. The van der Waals surface area contributed by atoms with Crippen molar-refractivity contribution in [1.82, 2.24) is 10.2 Å². The molecule has 3 rings (SSSR count). The van der Waals surface area contributed by atoms with Gasteiger partial charge >= 0.3 is 0 Å². The van der Waals surface area contributed by atoms with Crippen molar-refractivity contribution in [3.8, 4) is 0 Å². The van der Waals surface area contributed by atoms with Crippen LogP contribution in [0.15, 0.2) is 28.7 Å². The molecule has 120 valence electrons. The predicted octanol–water partition coefficient (Wildman–Crippen LogP) is 3.89. The van der Waals surface area contributed by atoms with Gasteiger partial charge in [-0.15, -0.1) is 0 Å². The van der Waals surface area contributed by atoms with E-state index in [4.69, 9.17) is 0 Å². The number of nitrogens with zero attached hydrogens (tertiary/aromatic N) is 1. The lowest BCUT2D eigenvalue weighted by molar-refractivity contribution is -0.123. The highest BCUT2D eigenvalue weighted by Gasteiger charge is 2.39. The first-order valence-corrected chi connectivity index (χ1v) is 9.14. The molecule has 2 atom stereocenters. The molecule has 1 amide bonds. The van der Waals surface area contributed by atoms with E-state index in [1.807, 2.05) is 19.1 Å². The summed E-state index contributed by atoms with van der Waals surface area (Å²) in [6.07, 6.45) is 5.18. The first-order chi connectivity index (χ1) is 10.5. The van der Waals surface area contributed by atoms with Crippen LogP contribution >= 0.6 is 15.9 Å². The van der Waals surface area contributed by atoms with Gasteiger partial charge in [0.05, 0.1) is 12.6 Å². The SMILES string of the molecule is CC(NC(=O)CN(C1CC1)C(C)C1CC1)c1ccc(Br)cc1. The average molecular weight is 365 g/mol. The van der Waals surface area contributed by atoms with Crippen molar-refractivity contribution in [2.24, 2.45) is 5.92 Å². The van der Waals surface area contributed by atoms with Crippen LogP contribution in [0.5, 0.6) is 0 Å². The van der Waals surface area contributed by atoms with E-state index in [0.29, 0.717) is 18.6 Å². The number of benzene rings is 1. The van der Waals surface area contributed by atoms with E-state index in [1.54, 1.807) is 0 Å². The fourth-order valence-corrected chi connectivity index (χ4v) is 3.41. The molecule has 0 spiro atoms. The molecule has 0 radical (unpaired) electrons. The topological polar surface area (TPSA) is 32.3 Å². The lowest BCUT2D eigenvalue weighted by Gasteiger charge is -2.29. The number of hydrogen-bond donors (Lipinski definition) is 1. The molecule has 1 aromatic carbocycles. The first kappa shape index (κ1) is 16.0. The van der Waals surface area contributed by atoms with Gasteiger partial charge in [0.2, 0.25) is 5.91 Å². The fourth-order valence-electron chi connectivity index (χ4n) is 3.15. The van der Waals surface area contributed by atoms with E-state index in [-0.39, 0.29) is 11.9 Å². The summed E-state index contributed by atoms with van der Waals surface area (Å²) in [6.45, 7) is 4.89. The van der Waals surface area contributed by atoms with Gasteiger partial charge in [-0.1, -0.05) is 28.1 Å². The van der Waals surface area contributed by atoms with Crippen molar-refractivity contribution in [3.05, 3.63) is 34.3 Å². The van der Waals surface area contributed by atoms with Gasteiger partial charge in [0, 0.05) is 16.6 Å². The molecule has 3 nitrogen and oxygen atoms in total. The number of nitrogens with one attached hydrogen (secondary N) is 1. The van der Waals surface area contributed by atoms with Crippen LogP contribution in [0.4, 0.5) is 0 Å². The number of halogens is 1. The zero-order valence-electron chi connectivity index (χ0n) is 13.4. The lowest BCUT2D eigenvalue weighted by Crippen LogP contribution is -2.44. The number of amides is 1. The second-order valence-electron chi connectivity index (χ2n) is 6.82. The lowest BCUT2D eigenvalue weighted by atomic mass is 10.1. The number of hydrogen-bond acceptors (Lipinski definition) is 2. The Morgan fingerprint density at radius 3 is 2.41 bits per heavy atom. The molecular formula is C18H25BrN2O. The van der Waals surface area contributed by atoms with E-state index in [9.17, 15) is 4.79 Å². The molecule has 0 aliphatic heterocycles. The summed E-state index contributed by atoms with van der Waals surface area (Å²) in [7, 11) is 0. The Bertz CT molecular complexity index is 522. The Hall–Kier alpha value is -0.870. The molecule has 1 aromatic rings. The monoisotopic (exact) mass is 364 g/mol. The van der Waals surface area contributed by atoms with Crippen molar-refractivity contribution in [2.45, 2.75) is 57.7 Å². The van der Waals surface area contributed by atoms with Gasteiger partial charge in [-0.05, 0) is 63.1 Å². The van der Waals surface area contributed by atoms with Gasteiger partial charge in [-0.3, -0.25) is 9.69 Å². The standard InChI is InChI=1S/C18H25BrN2O/c1-12(14-5-7-16(19)8-6-14)20-18(22)11-21(17-9-10-17)13(2)15-3-4-15/h5-8,12-13,15,17H,3-4,9-11H2,1-2H3,(H,20,22). The van der Waals surface area contributed by atoms with Crippen molar-refractivity contribution in [3.63, 3.8) is 0 Å². The third-order valence-electron chi connectivity index (χ3n) is 4.92. The van der Waals surface area contributed by atoms with Crippen LogP contribution in [0, 0.1) is 5.92 Å². The van der Waals surface area contributed by atoms with Crippen LogP contribution in [0.1, 0.15) is 51.1 Å². The summed E-state index contributed by atoms with van der Waals surface area (Å²) >= 11 is 3.44. The Morgan fingerprint density at radius 1 is 1.23 bits per heavy atom. The smallest absolute Gasteiger partial charge is 0.234 e. The second kappa shape index (κ2) is 6.71. The minimum Gasteiger partial charge on any atom is -0.348 e. The number of carbonyl (C=O) groups excluding carboxylic acids is 1. The number of carbonyl (C=O) groups is 1. The molecule has 0 heterocycles. The third-order valence-corrected chi connectivity index (χ3v) is 5.45. The van der Waals surface area contributed by atoms with Gasteiger partial charge in [0.1, 0.15) is 0 Å². The van der Waals surface area contributed by atoms with Crippen LogP contribution in [0.3, 0.4) is 0 Å². The number of rotatable bonds is 7. The molecule has 4 heteroatoms. The Morgan fingerprint density at radius 2 is 1.86 bits per heavy atom. The maximum absolute atomic E-state index is 12.4. The highest BCUT2D eigenvalue weighted by atomic mass is 79.9. The minimum absolute atomic E-state index is 0.0536. The van der Waals surface area contributed by atoms with E-state index in [2.05, 4.69) is 45.2 Å². The molecule has 2 unspecified atom stereocenters. The molecule has 1 N–H and O–H groups in total. The summed E-state index contributed by atoms with van der Waals surface area (Å²) in [6, 6.07) is 9.40. The van der Waals surface area contributed by atoms with Crippen LogP contribution < -0.4 is 5.32 Å². The molecule has 2 saturated carbocycles. The van der Waals surface area contributed by atoms with Crippen LogP contribution in [0.2, 0.25) is 0 Å². The largest absolute Gasteiger partial charge is 0.348 e. The first-order valence-electron chi connectivity index (χ1n) is 8.35. The summed E-state index contributed by atoms with van der Waals surface area (Å²) in [5.41, 5.74) is 1.14. The van der Waals surface area contributed by atoms with Crippen molar-refractivity contribution < 1.29 is 4.79 Å². The zero-order chi connectivity index (χ0) is 15.7. The highest BCUT2D eigenvalue weighted by molar-refractivity contribution is 9.10. The van der Waals surface area contributed by atoms with E-state index in [1.165, 1.54) is 25.7 Å². The third kappa shape index (κ3) is 4.11. The Kier molecular flexibility index (Phi) is 4.88. The summed E-state index contributed by atoms with van der Waals surface area (Å²) in [5.74, 6) is 0.965. The molecule has 0 bridgehead atoms. The Balaban J connectivity index is 1.55. The summed E-state index contributed by atoms with van der Waals surface area (Å²) in [4.78, 5) is 14.9. The molecule has 22 heavy (non-hydrogen) atoms. The van der Waals surface area contributed by atoms with Crippen molar-refractivity contribution in [1.29, 1.82) is 0 Å². The van der Waals surface area contributed by atoms with Gasteiger partial charge in [-0.2, -0.15) is 0 Å². The summed E-state index contributed by atoms with van der Waals surface area (Å²) in [5, 5.41) is 3.15. The molecule has 2 fully saturated rings. The van der Waals surface area contributed by atoms with Crippen molar-refractivity contribution >= 4 is 21.8 Å². The van der Waals surface area contributed by atoms with Crippen molar-refractivity contribution in [2.75, 3.05) is 6.54 Å². The van der Waals surface area contributed by atoms with E-state index >= 15 is 0 Å². The average Bonchev–Trinajstić information content (AvgIpc) is 3.38. The van der Waals surface area contributed by atoms with Gasteiger partial charge in [0.25, 0.3) is 0 Å². The van der Waals surface area contributed by atoms with Crippen LogP contribution in [0.25, 0.3) is 0 Å². The predicted molar refractivity (Wildman–Crippen MR) is 92.6 cm³/mol.